The molecule has 4 aliphatic heterocycles. The molecule has 0 bridgehead atoms. The third-order valence-electron chi connectivity index (χ3n) is 8.05. The maximum absolute atomic E-state index is 11.1. The summed E-state index contributed by atoms with van der Waals surface area (Å²) < 4.78 is 38.9. The molecule has 0 spiro atoms. The molecule has 4 saturated heterocycles. The van der Waals surface area contributed by atoms with E-state index in [1.165, 1.54) is 27.7 Å². The van der Waals surface area contributed by atoms with Crippen LogP contribution in [0.1, 0.15) is 27.7 Å². The molecule has 0 aromatic rings. The molecule has 20 atom stereocenters. The number of hydrogen-bond acceptors (Lipinski definition) is 17. The third-order valence-corrected chi connectivity index (χ3v) is 8.05. The molecule has 0 radical (unpaired) electrons. The lowest BCUT2D eigenvalue weighted by Gasteiger charge is -2.49. The molecular formula is C24H42O17. The Bertz CT molecular complexity index is 839. The van der Waals surface area contributed by atoms with E-state index in [4.69, 9.17) is 33.2 Å². The quantitative estimate of drug-likeness (QED) is 0.136. The maximum atomic E-state index is 11.1. The Labute approximate surface area is 235 Å². The minimum absolute atomic E-state index is 0.947. The van der Waals surface area contributed by atoms with Crippen molar-refractivity contribution >= 4 is 0 Å². The summed E-state index contributed by atoms with van der Waals surface area (Å²) >= 11 is 0. The zero-order valence-electron chi connectivity index (χ0n) is 22.9. The molecule has 0 saturated carbocycles. The van der Waals surface area contributed by atoms with Gasteiger partial charge in [0, 0.05) is 0 Å². The summed E-state index contributed by atoms with van der Waals surface area (Å²) in [6, 6.07) is 0. The van der Waals surface area contributed by atoms with Gasteiger partial charge < -0.3 is 84.2 Å². The summed E-state index contributed by atoms with van der Waals surface area (Å²) in [7, 11) is 0. The second-order valence-corrected chi connectivity index (χ2v) is 11.1. The van der Waals surface area contributed by atoms with Crippen LogP contribution in [0, 0.1) is 0 Å². The third kappa shape index (κ3) is 6.57. The molecule has 0 aromatic carbocycles. The van der Waals surface area contributed by atoms with Crippen LogP contribution in [0.4, 0.5) is 0 Å². The number of rotatable bonds is 6. The van der Waals surface area contributed by atoms with Crippen molar-refractivity contribution in [2.24, 2.45) is 0 Å². The van der Waals surface area contributed by atoms with Gasteiger partial charge in [-0.05, 0) is 27.7 Å². The Balaban J connectivity index is 1.53. The Hall–Kier alpha value is -0.680. The highest BCUT2D eigenvalue weighted by molar-refractivity contribution is 4.96. The standard InChI is InChI=1S/C24H42O17/c1-5-9(25)13(29)15(31)22(36-5)41-20-14(30)10(26)6(2)38-24(20)40-19-12(28)8(4)37-23(17(19)33)39-18-11(27)7(3)35-21(34)16(18)32/h5-34H,1-4H3/t5-,6-,7-,8-,9-,10-,11-,12-,13+,14+,15+,16+,17+,18+,19+,20+,21+,22-,23-,24-/m1/s1. The summed E-state index contributed by atoms with van der Waals surface area (Å²) in [4.78, 5) is 0. The van der Waals surface area contributed by atoms with Crippen LogP contribution in [-0.2, 0) is 33.2 Å². The molecule has 17 heteroatoms. The van der Waals surface area contributed by atoms with E-state index in [2.05, 4.69) is 0 Å². The highest BCUT2D eigenvalue weighted by atomic mass is 16.8. The predicted octanol–water partition coefficient (Wildman–Crippen LogP) is -5.64. The molecule has 10 N–H and O–H groups in total. The summed E-state index contributed by atoms with van der Waals surface area (Å²) in [5, 5.41) is 104. The number of ether oxygens (including phenoxy) is 7. The molecule has 0 unspecified atom stereocenters. The minimum atomic E-state index is -1.80. The van der Waals surface area contributed by atoms with Gasteiger partial charge in [-0.25, -0.2) is 0 Å². The zero-order chi connectivity index (χ0) is 30.5. The van der Waals surface area contributed by atoms with Crippen LogP contribution in [0.15, 0.2) is 0 Å². The fourth-order valence-electron chi connectivity index (χ4n) is 5.29. The van der Waals surface area contributed by atoms with Gasteiger partial charge in [-0.15, -0.1) is 0 Å². The Morgan fingerprint density at radius 1 is 0.341 bits per heavy atom. The number of hydrogen-bond donors (Lipinski definition) is 10. The molecule has 4 rings (SSSR count). The van der Waals surface area contributed by atoms with Crippen molar-refractivity contribution in [3.05, 3.63) is 0 Å². The maximum Gasteiger partial charge on any atom is 0.187 e. The molecule has 17 nitrogen and oxygen atoms in total. The molecule has 0 aromatic heterocycles. The first-order chi connectivity index (χ1) is 19.1. The fraction of sp³-hybridized carbons (Fsp3) is 1.00. The van der Waals surface area contributed by atoms with Gasteiger partial charge in [0.25, 0.3) is 0 Å². The number of aliphatic hydroxyl groups is 10. The molecule has 4 heterocycles. The van der Waals surface area contributed by atoms with E-state index in [9.17, 15) is 51.1 Å². The van der Waals surface area contributed by atoms with Gasteiger partial charge in [-0.3, -0.25) is 0 Å². The smallest absolute Gasteiger partial charge is 0.187 e. The molecule has 240 valence electrons. The number of aliphatic hydroxyl groups excluding tert-OH is 10. The van der Waals surface area contributed by atoms with E-state index in [0.29, 0.717) is 0 Å². The average molecular weight is 603 g/mol. The molecule has 0 amide bonds. The Morgan fingerprint density at radius 3 is 1.32 bits per heavy atom. The van der Waals surface area contributed by atoms with E-state index in [1.807, 2.05) is 0 Å². The molecule has 4 aliphatic rings. The van der Waals surface area contributed by atoms with Gasteiger partial charge in [-0.1, -0.05) is 0 Å². The summed E-state index contributed by atoms with van der Waals surface area (Å²) in [6.07, 6.45) is -29.7. The minimum Gasteiger partial charge on any atom is -0.388 e. The van der Waals surface area contributed by atoms with Crippen LogP contribution in [0.3, 0.4) is 0 Å². The van der Waals surface area contributed by atoms with Crippen molar-refractivity contribution in [3.63, 3.8) is 0 Å². The summed E-state index contributed by atoms with van der Waals surface area (Å²) in [6.45, 7) is 5.69. The lowest BCUT2D eigenvalue weighted by molar-refractivity contribution is -0.391. The van der Waals surface area contributed by atoms with Gasteiger partial charge in [0.15, 0.2) is 25.2 Å². The topological polar surface area (TPSA) is 267 Å². The lowest BCUT2D eigenvalue weighted by atomic mass is 9.96. The first kappa shape index (κ1) is 33.2. The van der Waals surface area contributed by atoms with Crippen molar-refractivity contribution in [1.82, 2.24) is 0 Å². The van der Waals surface area contributed by atoms with Crippen molar-refractivity contribution in [1.29, 1.82) is 0 Å². The van der Waals surface area contributed by atoms with Gasteiger partial charge in [0.1, 0.15) is 73.2 Å². The van der Waals surface area contributed by atoms with Crippen molar-refractivity contribution in [3.8, 4) is 0 Å². The molecule has 4 fully saturated rings. The van der Waals surface area contributed by atoms with Crippen molar-refractivity contribution in [2.45, 2.75) is 151 Å². The van der Waals surface area contributed by atoms with Crippen LogP contribution in [0.5, 0.6) is 0 Å². The van der Waals surface area contributed by atoms with E-state index in [-0.39, 0.29) is 0 Å². The Morgan fingerprint density at radius 2 is 0.732 bits per heavy atom. The first-order valence-corrected chi connectivity index (χ1v) is 13.5. The van der Waals surface area contributed by atoms with Crippen LogP contribution < -0.4 is 0 Å². The van der Waals surface area contributed by atoms with Crippen LogP contribution in [0.2, 0.25) is 0 Å². The normalized spacial score (nSPS) is 56.9. The van der Waals surface area contributed by atoms with Crippen LogP contribution in [0.25, 0.3) is 0 Å². The van der Waals surface area contributed by atoms with E-state index >= 15 is 0 Å². The first-order valence-electron chi connectivity index (χ1n) is 13.5. The van der Waals surface area contributed by atoms with Gasteiger partial charge >= 0.3 is 0 Å². The monoisotopic (exact) mass is 602 g/mol. The summed E-state index contributed by atoms with van der Waals surface area (Å²) in [5.74, 6) is 0. The molecule has 41 heavy (non-hydrogen) atoms. The highest BCUT2D eigenvalue weighted by Crippen LogP contribution is 2.34. The van der Waals surface area contributed by atoms with Gasteiger partial charge in [-0.2, -0.15) is 0 Å². The van der Waals surface area contributed by atoms with Gasteiger partial charge in [0.05, 0.1) is 24.4 Å². The molecule has 0 aliphatic carbocycles. The van der Waals surface area contributed by atoms with Crippen LogP contribution in [-0.4, -0.2) is 174 Å². The summed E-state index contributed by atoms with van der Waals surface area (Å²) in [5.41, 5.74) is 0. The highest BCUT2D eigenvalue weighted by Gasteiger charge is 2.54. The average Bonchev–Trinajstić information content (AvgIpc) is 2.92. The predicted molar refractivity (Wildman–Crippen MR) is 128 cm³/mol. The van der Waals surface area contributed by atoms with E-state index in [0.717, 1.165) is 0 Å². The van der Waals surface area contributed by atoms with E-state index < -0.39 is 123 Å². The van der Waals surface area contributed by atoms with E-state index in [1.54, 1.807) is 0 Å². The fourth-order valence-corrected chi connectivity index (χ4v) is 5.29. The second-order valence-electron chi connectivity index (χ2n) is 11.1. The SMILES string of the molecule is C[C@H]1O[C@H](O[C@@H]2[C@@H](O[C@@H]3[C@H](O)[C@@H](O[C@H]4[C@H](O)[C@@H](C)O[C@H](O)[C@H]4O)O[C@H](C)[C@H]3O)O[C@H](C)[C@@H](O)[C@@H]2O)[C@@H](O)[C@@H](O)[C@@H]1O. The zero-order valence-corrected chi connectivity index (χ0v) is 22.9. The van der Waals surface area contributed by atoms with Crippen LogP contribution >= 0.6 is 0 Å². The molecular weight excluding hydrogens is 560 g/mol. The largest absolute Gasteiger partial charge is 0.388 e. The van der Waals surface area contributed by atoms with Crippen molar-refractivity contribution in [2.75, 3.05) is 0 Å². The van der Waals surface area contributed by atoms with Crippen molar-refractivity contribution < 1.29 is 84.2 Å². The Kier molecular flexibility index (Phi) is 10.6. The second kappa shape index (κ2) is 13.1. The lowest BCUT2D eigenvalue weighted by Crippen LogP contribution is -2.66. The van der Waals surface area contributed by atoms with Gasteiger partial charge in [0.2, 0.25) is 0 Å².